The quantitative estimate of drug-likeness (QED) is 0.833. The molecule has 0 N–H and O–H groups in total. The number of nitrogens with zero attached hydrogens (tertiary/aromatic N) is 2. The van der Waals surface area contributed by atoms with Crippen molar-refractivity contribution in [3.63, 3.8) is 0 Å². The van der Waals surface area contributed by atoms with Crippen molar-refractivity contribution in [2.45, 2.75) is 0 Å². The minimum Gasteiger partial charge on any atom is -0.345 e. The number of rotatable bonds is 2. The number of halogens is 2. The van der Waals surface area contributed by atoms with Crippen LogP contribution in [0.25, 0.3) is 11.3 Å². The summed E-state index contributed by atoms with van der Waals surface area (Å²) in [6.45, 7) is 0. The Balaban J connectivity index is 2.59. The molecule has 0 radical (unpaired) electrons. The highest BCUT2D eigenvalue weighted by atomic mass is 19.1. The molecule has 1 aromatic heterocycles. The van der Waals surface area contributed by atoms with Crippen LogP contribution >= 0.6 is 0 Å². The van der Waals surface area contributed by atoms with E-state index in [9.17, 15) is 13.6 Å². The third-order valence-electron chi connectivity index (χ3n) is 2.58. The second kappa shape index (κ2) is 5.14. The van der Waals surface area contributed by atoms with Gasteiger partial charge < -0.3 is 4.90 Å². The zero-order valence-corrected chi connectivity index (χ0v) is 10.5. The molecule has 1 aromatic carbocycles. The SMILES string of the molecule is CN(C)C(=O)c1cccnc1-c1cc(F)cc(F)c1. The molecule has 0 fully saturated rings. The Morgan fingerprint density at radius 2 is 1.79 bits per heavy atom. The summed E-state index contributed by atoms with van der Waals surface area (Å²) in [5.74, 6) is -1.68. The number of aromatic nitrogens is 1. The minimum atomic E-state index is -0.705. The van der Waals surface area contributed by atoms with Crippen molar-refractivity contribution in [3.05, 3.63) is 53.7 Å². The van der Waals surface area contributed by atoms with Gasteiger partial charge in [0.05, 0.1) is 11.3 Å². The van der Waals surface area contributed by atoms with Gasteiger partial charge in [-0.05, 0) is 24.3 Å². The highest BCUT2D eigenvalue weighted by Crippen LogP contribution is 2.23. The first-order chi connectivity index (χ1) is 8.99. The Kier molecular flexibility index (Phi) is 3.55. The number of carbonyl (C=O) groups is 1. The van der Waals surface area contributed by atoms with Crippen LogP contribution in [0.15, 0.2) is 36.5 Å². The van der Waals surface area contributed by atoms with E-state index in [1.165, 1.54) is 11.1 Å². The molecule has 0 unspecified atom stereocenters. The Bertz CT molecular complexity index is 606. The van der Waals surface area contributed by atoms with Gasteiger partial charge in [0, 0.05) is 31.9 Å². The van der Waals surface area contributed by atoms with E-state index in [-0.39, 0.29) is 17.2 Å². The average Bonchev–Trinajstić information content (AvgIpc) is 2.36. The molecule has 0 saturated heterocycles. The van der Waals surface area contributed by atoms with Crippen molar-refractivity contribution in [1.29, 1.82) is 0 Å². The van der Waals surface area contributed by atoms with Crippen LogP contribution in [0.4, 0.5) is 8.78 Å². The first-order valence-corrected chi connectivity index (χ1v) is 5.62. The number of hydrogen-bond acceptors (Lipinski definition) is 2. The number of pyridine rings is 1. The molecule has 0 aliphatic rings. The summed E-state index contributed by atoms with van der Waals surface area (Å²) >= 11 is 0. The van der Waals surface area contributed by atoms with Gasteiger partial charge in [-0.1, -0.05) is 0 Å². The molecule has 0 aliphatic heterocycles. The van der Waals surface area contributed by atoms with E-state index in [1.807, 2.05) is 0 Å². The van der Waals surface area contributed by atoms with Crippen LogP contribution in [0, 0.1) is 11.6 Å². The fraction of sp³-hybridized carbons (Fsp3) is 0.143. The van der Waals surface area contributed by atoms with E-state index >= 15 is 0 Å². The fourth-order valence-corrected chi connectivity index (χ4v) is 1.74. The van der Waals surface area contributed by atoms with Crippen LogP contribution in [0.3, 0.4) is 0 Å². The van der Waals surface area contributed by atoms with Crippen molar-refractivity contribution in [2.75, 3.05) is 14.1 Å². The second-order valence-corrected chi connectivity index (χ2v) is 4.26. The van der Waals surface area contributed by atoms with Crippen LogP contribution in [0.1, 0.15) is 10.4 Å². The number of benzene rings is 1. The summed E-state index contributed by atoms with van der Waals surface area (Å²) in [7, 11) is 3.20. The van der Waals surface area contributed by atoms with Gasteiger partial charge in [-0.25, -0.2) is 8.78 Å². The van der Waals surface area contributed by atoms with E-state index in [2.05, 4.69) is 4.98 Å². The molecule has 0 spiro atoms. The summed E-state index contributed by atoms with van der Waals surface area (Å²) in [6.07, 6.45) is 1.48. The number of carbonyl (C=O) groups excluding carboxylic acids is 1. The zero-order valence-electron chi connectivity index (χ0n) is 10.5. The standard InChI is InChI=1S/C14H12F2N2O/c1-18(2)14(19)12-4-3-5-17-13(12)9-6-10(15)8-11(16)7-9/h3-8H,1-2H3. The van der Waals surface area contributed by atoms with Crippen LogP contribution in [0.2, 0.25) is 0 Å². The van der Waals surface area contributed by atoms with Gasteiger partial charge in [0.2, 0.25) is 0 Å². The topological polar surface area (TPSA) is 33.2 Å². The summed E-state index contributed by atoms with van der Waals surface area (Å²) in [4.78, 5) is 17.4. The predicted molar refractivity (Wildman–Crippen MR) is 67.6 cm³/mol. The molecule has 0 bridgehead atoms. The average molecular weight is 262 g/mol. The largest absolute Gasteiger partial charge is 0.345 e. The van der Waals surface area contributed by atoms with Gasteiger partial charge in [-0.3, -0.25) is 9.78 Å². The first-order valence-electron chi connectivity index (χ1n) is 5.62. The lowest BCUT2D eigenvalue weighted by atomic mass is 10.0. The van der Waals surface area contributed by atoms with Crippen LogP contribution < -0.4 is 0 Å². The molecule has 98 valence electrons. The maximum atomic E-state index is 13.2. The van der Waals surface area contributed by atoms with E-state index in [1.54, 1.807) is 26.2 Å². The van der Waals surface area contributed by atoms with E-state index in [0.29, 0.717) is 5.56 Å². The highest BCUT2D eigenvalue weighted by molar-refractivity contribution is 5.99. The van der Waals surface area contributed by atoms with Crippen LogP contribution in [-0.4, -0.2) is 29.9 Å². The van der Waals surface area contributed by atoms with Crippen molar-refractivity contribution < 1.29 is 13.6 Å². The van der Waals surface area contributed by atoms with E-state index in [0.717, 1.165) is 18.2 Å². The smallest absolute Gasteiger partial charge is 0.255 e. The maximum absolute atomic E-state index is 13.2. The van der Waals surface area contributed by atoms with Crippen molar-refractivity contribution in [1.82, 2.24) is 9.88 Å². The molecule has 5 heteroatoms. The van der Waals surface area contributed by atoms with E-state index in [4.69, 9.17) is 0 Å². The molecular weight excluding hydrogens is 250 g/mol. The molecule has 1 heterocycles. The Morgan fingerprint density at radius 1 is 1.16 bits per heavy atom. The lowest BCUT2D eigenvalue weighted by Gasteiger charge is -2.13. The van der Waals surface area contributed by atoms with Crippen LogP contribution in [-0.2, 0) is 0 Å². The molecule has 1 amide bonds. The van der Waals surface area contributed by atoms with Crippen molar-refractivity contribution >= 4 is 5.91 Å². The van der Waals surface area contributed by atoms with Crippen LogP contribution in [0.5, 0.6) is 0 Å². The fourth-order valence-electron chi connectivity index (χ4n) is 1.74. The third-order valence-corrected chi connectivity index (χ3v) is 2.58. The summed E-state index contributed by atoms with van der Waals surface area (Å²) in [5.41, 5.74) is 0.806. The lowest BCUT2D eigenvalue weighted by Crippen LogP contribution is -2.22. The second-order valence-electron chi connectivity index (χ2n) is 4.26. The Labute approximate surface area is 109 Å². The molecule has 19 heavy (non-hydrogen) atoms. The monoisotopic (exact) mass is 262 g/mol. The first kappa shape index (κ1) is 13.1. The number of amides is 1. The summed E-state index contributed by atoms with van der Waals surface area (Å²) in [5, 5.41) is 0. The van der Waals surface area contributed by atoms with Crippen molar-refractivity contribution in [2.24, 2.45) is 0 Å². The Morgan fingerprint density at radius 3 is 2.37 bits per heavy atom. The number of hydrogen-bond donors (Lipinski definition) is 0. The molecule has 0 atom stereocenters. The summed E-state index contributed by atoms with van der Waals surface area (Å²) < 4.78 is 26.5. The van der Waals surface area contributed by atoms with E-state index < -0.39 is 11.6 Å². The third kappa shape index (κ3) is 2.76. The molecule has 2 aromatic rings. The predicted octanol–water partition coefficient (Wildman–Crippen LogP) is 2.73. The van der Waals surface area contributed by atoms with Crippen molar-refractivity contribution in [3.8, 4) is 11.3 Å². The van der Waals surface area contributed by atoms with Gasteiger partial charge in [0.1, 0.15) is 11.6 Å². The normalized spacial score (nSPS) is 10.3. The highest BCUT2D eigenvalue weighted by Gasteiger charge is 2.16. The molecule has 0 aliphatic carbocycles. The molecule has 0 saturated carbocycles. The van der Waals surface area contributed by atoms with Gasteiger partial charge in [0.15, 0.2) is 0 Å². The van der Waals surface area contributed by atoms with Gasteiger partial charge >= 0.3 is 0 Å². The van der Waals surface area contributed by atoms with Gasteiger partial charge in [0.25, 0.3) is 5.91 Å². The molecule has 3 nitrogen and oxygen atoms in total. The summed E-state index contributed by atoms with van der Waals surface area (Å²) in [6, 6.07) is 6.26. The lowest BCUT2D eigenvalue weighted by molar-refractivity contribution is 0.0828. The minimum absolute atomic E-state index is 0.239. The molecule has 2 rings (SSSR count). The zero-order chi connectivity index (χ0) is 14.0. The Hall–Kier alpha value is -2.30. The van der Waals surface area contributed by atoms with Gasteiger partial charge in [-0.15, -0.1) is 0 Å². The molecular formula is C14H12F2N2O. The maximum Gasteiger partial charge on any atom is 0.255 e. The van der Waals surface area contributed by atoms with Gasteiger partial charge in [-0.2, -0.15) is 0 Å².